The van der Waals surface area contributed by atoms with Crippen LogP contribution in [0, 0.1) is 5.92 Å². The average molecular weight is 390 g/mol. The van der Waals surface area contributed by atoms with Crippen LogP contribution in [0.1, 0.15) is 37.6 Å². The van der Waals surface area contributed by atoms with Crippen LogP contribution in [0.3, 0.4) is 0 Å². The fraction of sp³-hybridized carbons (Fsp3) is 0.474. The molecule has 2 unspecified atom stereocenters. The highest BCUT2D eigenvalue weighted by Crippen LogP contribution is 2.27. The number of methoxy groups -OCH3 is 1. The van der Waals surface area contributed by atoms with Gasteiger partial charge in [-0.25, -0.2) is 0 Å². The zero-order chi connectivity index (χ0) is 21.0. The molecule has 1 aromatic rings. The third kappa shape index (κ3) is 4.79. The Morgan fingerprint density at radius 2 is 1.96 bits per heavy atom. The van der Waals surface area contributed by atoms with Crippen molar-refractivity contribution in [3.05, 3.63) is 23.8 Å². The van der Waals surface area contributed by atoms with Crippen molar-refractivity contribution in [3.8, 4) is 0 Å². The van der Waals surface area contributed by atoms with Crippen LogP contribution in [-0.2, 0) is 19.1 Å². The highest BCUT2D eigenvalue weighted by Gasteiger charge is 2.38. The van der Waals surface area contributed by atoms with Gasteiger partial charge in [-0.2, -0.15) is 0 Å². The molecule has 2 rings (SSSR count). The van der Waals surface area contributed by atoms with Crippen LogP contribution in [-0.4, -0.2) is 54.3 Å². The molecule has 9 nitrogen and oxygen atoms in total. The van der Waals surface area contributed by atoms with Gasteiger partial charge in [0.1, 0.15) is 12.6 Å². The molecule has 0 spiro atoms. The Kier molecular flexibility index (Phi) is 6.61. The van der Waals surface area contributed by atoms with Crippen LogP contribution in [0.25, 0.3) is 0 Å². The highest BCUT2D eigenvalue weighted by atomic mass is 16.5. The lowest BCUT2D eigenvalue weighted by molar-refractivity contribution is -0.141. The summed E-state index contributed by atoms with van der Waals surface area (Å²) in [6.07, 6.45) is 0.00362. The molecular formula is C19H26N4O5. The van der Waals surface area contributed by atoms with Crippen molar-refractivity contribution in [1.29, 1.82) is 0 Å². The van der Waals surface area contributed by atoms with Crippen molar-refractivity contribution >= 4 is 35.1 Å². The van der Waals surface area contributed by atoms with Crippen molar-refractivity contribution in [2.24, 2.45) is 5.92 Å². The Bertz CT molecular complexity index is 793. The van der Waals surface area contributed by atoms with Gasteiger partial charge in [0.05, 0.1) is 24.8 Å². The monoisotopic (exact) mass is 390 g/mol. The third-order valence-corrected chi connectivity index (χ3v) is 4.45. The number of amides is 3. The topological polar surface area (TPSA) is 131 Å². The van der Waals surface area contributed by atoms with Gasteiger partial charge in [0.15, 0.2) is 0 Å². The molecule has 1 aromatic carbocycles. The number of nitrogens with one attached hydrogen (secondary N) is 2. The normalized spacial score (nSPS) is 17.5. The Morgan fingerprint density at radius 3 is 2.57 bits per heavy atom. The minimum absolute atomic E-state index is 0.00362. The van der Waals surface area contributed by atoms with Gasteiger partial charge >= 0.3 is 5.97 Å². The van der Waals surface area contributed by atoms with Gasteiger partial charge < -0.3 is 26.0 Å². The van der Waals surface area contributed by atoms with E-state index in [1.807, 2.05) is 0 Å². The smallest absolute Gasteiger partial charge is 0.307 e. The van der Waals surface area contributed by atoms with E-state index in [-0.39, 0.29) is 30.4 Å². The lowest BCUT2D eigenvalue weighted by atomic mass is 10.0. The molecular weight excluding hydrogens is 364 g/mol. The highest BCUT2D eigenvalue weighted by molar-refractivity contribution is 6.11. The molecule has 0 fully saturated rings. The Balaban J connectivity index is 2.27. The molecule has 152 valence electrons. The molecule has 0 radical (unpaired) electrons. The fourth-order valence-electron chi connectivity index (χ4n) is 3.17. The van der Waals surface area contributed by atoms with Gasteiger partial charge in [0.25, 0.3) is 5.91 Å². The number of hydrogen-bond acceptors (Lipinski definition) is 6. The molecule has 28 heavy (non-hydrogen) atoms. The van der Waals surface area contributed by atoms with Crippen LogP contribution in [0.15, 0.2) is 18.2 Å². The first-order chi connectivity index (χ1) is 13.1. The number of fused-ring (bicyclic) bond motifs is 1. The van der Waals surface area contributed by atoms with Gasteiger partial charge in [0.2, 0.25) is 11.8 Å². The number of nitrogens with two attached hydrogens (primary N) is 1. The molecule has 4 N–H and O–H groups in total. The number of esters is 1. The number of nitrogens with zero attached hydrogens (tertiary/aromatic N) is 1. The second kappa shape index (κ2) is 8.73. The maximum atomic E-state index is 13.1. The van der Waals surface area contributed by atoms with Crippen molar-refractivity contribution in [2.45, 2.75) is 39.3 Å². The molecule has 0 aromatic heterocycles. The molecule has 3 amide bonds. The second-order valence-electron chi connectivity index (χ2n) is 7.16. The molecule has 0 bridgehead atoms. The van der Waals surface area contributed by atoms with Gasteiger partial charge in [-0.15, -0.1) is 0 Å². The van der Waals surface area contributed by atoms with Crippen molar-refractivity contribution in [1.82, 2.24) is 10.2 Å². The summed E-state index contributed by atoms with van der Waals surface area (Å²) < 4.78 is 4.58. The molecule has 2 atom stereocenters. The van der Waals surface area contributed by atoms with E-state index in [9.17, 15) is 19.2 Å². The number of anilines is 2. The van der Waals surface area contributed by atoms with E-state index in [1.54, 1.807) is 32.9 Å². The summed E-state index contributed by atoms with van der Waals surface area (Å²) in [5.41, 5.74) is 6.75. The Morgan fingerprint density at radius 1 is 1.29 bits per heavy atom. The first-order valence-corrected chi connectivity index (χ1v) is 9.01. The maximum Gasteiger partial charge on any atom is 0.307 e. The van der Waals surface area contributed by atoms with Gasteiger partial charge in [0, 0.05) is 11.7 Å². The molecule has 9 heteroatoms. The number of nitrogen functional groups attached to an aromatic ring is 1. The SMILES string of the molecule is COC(=O)CC(C)NC(=O)CN1C(=O)c2cc(N)ccc2NC(=O)C1C(C)C. The number of carbonyl (C=O) groups is 4. The van der Waals surface area contributed by atoms with E-state index < -0.39 is 29.9 Å². The minimum Gasteiger partial charge on any atom is -0.469 e. The van der Waals surface area contributed by atoms with Crippen molar-refractivity contribution in [2.75, 3.05) is 24.7 Å². The van der Waals surface area contributed by atoms with E-state index >= 15 is 0 Å². The zero-order valence-electron chi connectivity index (χ0n) is 16.4. The molecule has 0 saturated carbocycles. The molecule has 0 saturated heterocycles. The lowest BCUT2D eigenvalue weighted by Crippen LogP contribution is -2.52. The van der Waals surface area contributed by atoms with E-state index in [0.717, 1.165) is 0 Å². The standard InChI is InChI=1S/C19H26N4O5/c1-10(2)17-18(26)22-14-6-5-12(20)8-13(14)19(27)23(17)9-15(24)21-11(3)7-16(25)28-4/h5-6,8,10-11,17H,7,9,20H2,1-4H3,(H,21,24)(H,22,26). The summed E-state index contributed by atoms with van der Waals surface area (Å²) in [4.78, 5) is 50.9. The second-order valence-corrected chi connectivity index (χ2v) is 7.16. The van der Waals surface area contributed by atoms with Crippen LogP contribution >= 0.6 is 0 Å². The van der Waals surface area contributed by atoms with Crippen LogP contribution in [0.4, 0.5) is 11.4 Å². The molecule has 1 aliphatic rings. The van der Waals surface area contributed by atoms with Crippen LogP contribution in [0.2, 0.25) is 0 Å². The zero-order valence-corrected chi connectivity index (χ0v) is 16.4. The predicted molar refractivity (Wildman–Crippen MR) is 103 cm³/mol. The molecule has 1 aliphatic heterocycles. The summed E-state index contributed by atoms with van der Waals surface area (Å²) in [7, 11) is 1.27. The maximum absolute atomic E-state index is 13.1. The predicted octanol–water partition coefficient (Wildman–Crippen LogP) is 0.756. The van der Waals surface area contributed by atoms with Crippen molar-refractivity contribution in [3.63, 3.8) is 0 Å². The number of hydrogen-bond donors (Lipinski definition) is 3. The van der Waals surface area contributed by atoms with Crippen LogP contribution in [0.5, 0.6) is 0 Å². The largest absolute Gasteiger partial charge is 0.469 e. The van der Waals surface area contributed by atoms with E-state index in [2.05, 4.69) is 15.4 Å². The summed E-state index contributed by atoms with van der Waals surface area (Å²) in [6.45, 7) is 4.93. The number of benzene rings is 1. The number of rotatable bonds is 6. The van der Waals surface area contributed by atoms with Gasteiger partial charge in [-0.3, -0.25) is 19.2 Å². The number of carbonyl (C=O) groups excluding carboxylic acids is 4. The first-order valence-electron chi connectivity index (χ1n) is 9.01. The average Bonchev–Trinajstić information content (AvgIpc) is 2.70. The lowest BCUT2D eigenvalue weighted by Gasteiger charge is -2.31. The Hall–Kier alpha value is -3.10. The first kappa shape index (κ1) is 21.2. The third-order valence-electron chi connectivity index (χ3n) is 4.45. The Labute approximate surface area is 163 Å². The van der Waals surface area contributed by atoms with E-state index in [0.29, 0.717) is 11.4 Å². The summed E-state index contributed by atoms with van der Waals surface area (Å²) in [6, 6.07) is 3.33. The van der Waals surface area contributed by atoms with Gasteiger partial charge in [-0.05, 0) is 31.0 Å². The van der Waals surface area contributed by atoms with E-state index in [4.69, 9.17) is 5.73 Å². The number of ether oxygens (including phenoxy) is 1. The van der Waals surface area contributed by atoms with Gasteiger partial charge in [-0.1, -0.05) is 13.8 Å². The quantitative estimate of drug-likeness (QED) is 0.485. The van der Waals surface area contributed by atoms with Crippen molar-refractivity contribution < 1.29 is 23.9 Å². The van der Waals surface area contributed by atoms with E-state index in [1.165, 1.54) is 18.1 Å². The minimum atomic E-state index is -0.831. The molecule has 1 heterocycles. The summed E-state index contributed by atoms with van der Waals surface area (Å²) in [5, 5.41) is 5.39. The summed E-state index contributed by atoms with van der Waals surface area (Å²) >= 11 is 0. The van der Waals surface area contributed by atoms with Crippen LogP contribution < -0.4 is 16.4 Å². The summed E-state index contributed by atoms with van der Waals surface area (Å²) in [5.74, 6) is -1.99. The fourth-order valence-corrected chi connectivity index (χ4v) is 3.17. The molecule has 0 aliphatic carbocycles.